The van der Waals surface area contributed by atoms with Crippen LogP contribution in [-0.4, -0.2) is 45.3 Å². The molecule has 11 atom stereocenters. The maximum Gasteiger partial charge on any atom is 0.115 e. The highest BCUT2D eigenvalue weighted by Crippen LogP contribution is 2.71. The molecule has 252 valence electrons. The topological polar surface area (TPSA) is 95.9 Å². The average Bonchev–Trinajstić information content (AvgIpc) is 3.48. The van der Waals surface area contributed by atoms with Crippen LogP contribution in [0.25, 0.3) is 0 Å². The van der Waals surface area contributed by atoms with Gasteiger partial charge in [-0.15, -0.1) is 0 Å². The van der Waals surface area contributed by atoms with Crippen molar-refractivity contribution in [2.45, 2.75) is 139 Å². The van der Waals surface area contributed by atoms with Crippen molar-refractivity contribution >= 4 is 0 Å². The van der Waals surface area contributed by atoms with Gasteiger partial charge >= 0.3 is 0 Å². The van der Waals surface area contributed by atoms with E-state index in [-0.39, 0.29) is 36.6 Å². The third kappa shape index (κ3) is 4.86. The molecule has 2 spiro atoms. The molecule has 9 rings (SSSR count). The van der Waals surface area contributed by atoms with Gasteiger partial charge in [-0.1, -0.05) is 43.6 Å². The van der Waals surface area contributed by atoms with Gasteiger partial charge in [-0.25, -0.2) is 0 Å². The van der Waals surface area contributed by atoms with Gasteiger partial charge in [-0.2, -0.15) is 0 Å². The van der Waals surface area contributed by atoms with E-state index in [9.17, 15) is 15.3 Å². The molecule has 0 aromatic heterocycles. The number of nitrogens with two attached hydrogens (primary N) is 1. The number of hydrogen-bond acceptors (Lipinski definition) is 5. The van der Waals surface area contributed by atoms with Crippen molar-refractivity contribution < 1.29 is 20.1 Å². The first kappa shape index (κ1) is 31.7. The molecule has 5 N–H and O–H groups in total. The number of phenols is 1. The Hall–Kier alpha value is -1.58. The summed E-state index contributed by atoms with van der Waals surface area (Å²) in [6, 6.07) is 5.98. The van der Waals surface area contributed by atoms with Gasteiger partial charge in [0.2, 0.25) is 0 Å². The van der Waals surface area contributed by atoms with E-state index < -0.39 is 11.1 Å². The molecule has 5 saturated carbocycles. The monoisotopic (exact) mass is 629 g/mol. The standard InChI is InChI=1S/C41H59NO4/c1-38(32-10-4-7-27(20-32)8-6-18-43)37-31-12-14-33(26-44)41(37,42)36-11-5-9-29-22-35(45)15-13-30(29)19-28-21-34(40(36,24-31)46-38)25-39(23-28)16-2-3-17-39/h13,15,22,27-28,31-34,36-37,43-45H,2-4,6-10,12,14,16-21,23-26,42H2,1H3. The molecule has 0 radical (unpaired) electrons. The molecule has 1 aromatic carbocycles. The van der Waals surface area contributed by atoms with Gasteiger partial charge in [0.05, 0.1) is 17.1 Å². The van der Waals surface area contributed by atoms with Crippen LogP contribution in [0.2, 0.25) is 0 Å². The summed E-state index contributed by atoms with van der Waals surface area (Å²) >= 11 is 0. The summed E-state index contributed by atoms with van der Waals surface area (Å²) in [5.41, 5.74) is 9.65. The lowest BCUT2D eigenvalue weighted by Crippen LogP contribution is -2.84. The van der Waals surface area contributed by atoms with Crippen LogP contribution in [0.15, 0.2) is 18.2 Å². The molecule has 6 bridgehead atoms. The van der Waals surface area contributed by atoms with Crippen molar-refractivity contribution in [3.05, 3.63) is 29.3 Å². The minimum absolute atomic E-state index is 0.0333. The Morgan fingerprint density at radius 3 is 2.61 bits per heavy atom. The molecule has 2 heterocycles. The number of aliphatic hydroxyl groups is 2. The van der Waals surface area contributed by atoms with Crippen molar-refractivity contribution in [3.63, 3.8) is 0 Å². The predicted octanol–water partition coefficient (Wildman–Crippen LogP) is 6.93. The van der Waals surface area contributed by atoms with Crippen LogP contribution in [-0.2, 0) is 17.6 Å². The summed E-state index contributed by atoms with van der Waals surface area (Å²) < 4.78 is 8.06. The summed E-state index contributed by atoms with van der Waals surface area (Å²) in [6.07, 6.45) is 20.8. The van der Waals surface area contributed by atoms with Gasteiger partial charge in [0.1, 0.15) is 5.75 Å². The Bertz CT molecular complexity index is 1360. The second-order valence-electron chi connectivity index (χ2n) is 17.7. The zero-order chi connectivity index (χ0) is 31.7. The maximum absolute atomic E-state index is 11.1. The molecule has 6 aliphatic carbocycles. The first-order valence-electron chi connectivity index (χ1n) is 19.2. The number of ether oxygens (including phenoxy) is 1. The smallest absolute Gasteiger partial charge is 0.115 e. The average molecular weight is 630 g/mol. The highest BCUT2D eigenvalue weighted by atomic mass is 16.5. The van der Waals surface area contributed by atoms with Crippen LogP contribution >= 0.6 is 0 Å². The minimum Gasteiger partial charge on any atom is -0.508 e. The van der Waals surface area contributed by atoms with Crippen molar-refractivity contribution in [2.24, 2.45) is 58.5 Å². The lowest BCUT2D eigenvalue weighted by Gasteiger charge is -2.75. The van der Waals surface area contributed by atoms with E-state index >= 15 is 0 Å². The first-order chi connectivity index (χ1) is 22.2. The van der Waals surface area contributed by atoms with E-state index in [1.54, 1.807) is 0 Å². The van der Waals surface area contributed by atoms with E-state index in [0.717, 1.165) is 44.9 Å². The van der Waals surface area contributed by atoms with Gasteiger partial charge in [0.15, 0.2) is 0 Å². The van der Waals surface area contributed by atoms with Crippen LogP contribution in [0, 0.1) is 64.6 Å². The third-order valence-corrected chi connectivity index (χ3v) is 15.4. The molecule has 0 amide bonds. The van der Waals surface area contributed by atoms with Gasteiger partial charge < -0.3 is 25.8 Å². The lowest BCUT2D eigenvalue weighted by atomic mass is 9.38. The molecule has 11 unspecified atom stereocenters. The predicted molar refractivity (Wildman–Crippen MR) is 181 cm³/mol. The molecule has 5 nitrogen and oxygen atoms in total. The summed E-state index contributed by atoms with van der Waals surface area (Å²) in [4.78, 5) is 0. The SMILES string of the molecule is CC1(C2CCCC(CCCO)C2)OC23CC4CCC(CO)C(N)(C41)C2C#CCc1cc(O)ccc1CC1CC3CC2(CCCC2)C1. The number of phenolic OH excluding ortho intramolecular Hbond substituents is 1. The molecule has 2 saturated heterocycles. The van der Waals surface area contributed by atoms with Crippen molar-refractivity contribution in [1.29, 1.82) is 0 Å². The van der Waals surface area contributed by atoms with E-state index in [4.69, 9.17) is 10.5 Å². The molecular formula is C41H59NO4. The molecule has 7 fully saturated rings. The maximum atomic E-state index is 11.1. The van der Waals surface area contributed by atoms with Gasteiger partial charge in [-0.05, 0) is 149 Å². The Morgan fingerprint density at radius 2 is 1.80 bits per heavy atom. The second-order valence-corrected chi connectivity index (χ2v) is 17.7. The van der Waals surface area contributed by atoms with Crippen LogP contribution < -0.4 is 5.73 Å². The Balaban J connectivity index is 1.28. The summed E-state index contributed by atoms with van der Waals surface area (Å²) in [7, 11) is 0. The Kier molecular flexibility index (Phi) is 8.12. The zero-order valence-electron chi connectivity index (χ0n) is 28.3. The van der Waals surface area contributed by atoms with Crippen molar-refractivity contribution in [1.82, 2.24) is 0 Å². The van der Waals surface area contributed by atoms with Crippen LogP contribution in [0.1, 0.15) is 121 Å². The van der Waals surface area contributed by atoms with Crippen molar-refractivity contribution in [2.75, 3.05) is 13.2 Å². The number of benzene rings is 1. The fourth-order valence-electron chi connectivity index (χ4n) is 13.8. The minimum atomic E-state index is -0.584. The Labute approximate surface area is 277 Å². The normalized spacial score (nSPS) is 45.7. The molecule has 1 aromatic rings. The molecule has 2 aliphatic heterocycles. The number of rotatable bonds is 5. The molecule has 8 aliphatic rings. The number of fused-ring (bicyclic) bond motifs is 4. The van der Waals surface area contributed by atoms with Crippen molar-refractivity contribution in [3.8, 4) is 17.6 Å². The van der Waals surface area contributed by atoms with Gasteiger partial charge in [0.25, 0.3) is 0 Å². The Morgan fingerprint density at radius 1 is 0.957 bits per heavy atom. The van der Waals surface area contributed by atoms with Crippen LogP contribution in [0.3, 0.4) is 0 Å². The fraction of sp³-hybridized carbons (Fsp3) is 0.805. The van der Waals surface area contributed by atoms with E-state index in [1.165, 1.54) is 75.3 Å². The molecule has 5 heteroatoms. The number of aliphatic hydroxyl groups excluding tert-OH is 2. The summed E-state index contributed by atoms with van der Waals surface area (Å²) in [5, 5.41) is 31.2. The summed E-state index contributed by atoms with van der Waals surface area (Å²) in [6.45, 7) is 2.87. The zero-order valence-corrected chi connectivity index (χ0v) is 28.3. The van der Waals surface area contributed by atoms with Crippen LogP contribution in [0.4, 0.5) is 0 Å². The quantitative estimate of drug-likeness (QED) is 0.265. The highest BCUT2D eigenvalue weighted by Gasteiger charge is 2.76. The highest BCUT2D eigenvalue weighted by molar-refractivity contribution is 5.40. The van der Waals surface area contributed by atoms with E-state index in [2.05, 4.69) is 24.8 Å². The molecule has 46 heavy (non-hydrogen) atoms. The second kappa shape index (κ2) is 11.8. The van der Waals surface area contributed by atoms with Gasteiger partial charge in [-0.3, -0.25) is 0 Å². The van der Waals surface area contributed by atoms with E-state index in [1.807, 2.05) is 12.1 Å². The number of hydrogen-bond donors (Lipinski definition) is 4. The molecular weight excluding hydrogens is 570 g/mol. The fourth-order valence-corrected chi connectivity index (χ4v) is 13.8. The third-order valence-electron chi connectivity index (χ3n) is 15.4. The van der Waals surface area contributed by atoms with E-state index in [0.29, 0.717) is 47.2 Å². The van der Waals surface area contributed by atoms with Gasteiger partial charge in [0, 0.05) is 37.0 Å². The first-order valence-corrected chi connectivity index (χ1v) is 19.2. The lowest BCUT2D eigenvalue weighted by molar-refractivity contribution is -0.362. The largest absolute Gasteiger partial charge is 0.508 e. The number of aromatic hydroxyl groups is 1. The summed E-state index contributed by atoms with van der Waals surface area (Å²) in [5.74, 6) is 10.6. The van der Waals surface area contributed by atoms with Crippen LogP contribution in [0.5, 0.6) is 5.75 Å².